The fourth-order valence-corrected chi connectivity index (χ4v) is 0.987. The molecule has 0 aliphatic heterocycles. The molecule has 0 amide bonds. The lowest BCUT2D eigenvalue weighted by molar-refractivity contribution is 0.242. The van der Waals surface area contributed by atoms with Crippen molar-refractivity contribution in [3.8, 4) is 5.75 Å². The molecule has 0 heterocycles. The average Bonchev–Trinajstić information content (AvgIpc) is 2.03. The second-order valence-electron chi connectivity index (χ2n) is 2.94. The van der Waals surface area contributed by atoms with Crippen LogP contribution in [0.25, 0.3) is 6.08 Å². The van der Waals surface area contributed by atoms with Crippen molar-refractivity contribution in [1.82, 2.24) is 0 Å². The Bertz CT molecular complexity index is 263. The second-order valence-corrected chi connectivity index (χ2v) is 2.94. The van der Waals surface area contributed by atoms with Crippen LogP contribution in [0, 0.1) is 0 Å². The van der Waals surface area contributed by atoms with Crippen LogP contribution in [0.2, 0.25) is 0 Å². The van der Waals surface area contributed by atoms with E-state index in [4.69, 9.17) is 4.74 Å². The molecule has 1 nitrogen and oxygen atoms in total. The lowest BCUT2D eigenvalue weighted by Gasteiger charge is -2.09. The Balaban J connectivity index is 2.79. The molecule has 0 fully saturated rings. The summed E-state index contributed by atoms with van der Waals surface area (Å²) in [7, 11) is 0. The van der Waals surface area contributed by atoms with Crippen molar-refractivity contribution in [2.24, 2.45) is 0 Å². The van der Waals surface area contributed by atoms with Gasteiger partial charge in [-0.3, -0.25) is 0 Å². The van der Waals surface area contributed by atoms with E-state index in [1.165, 1.54) is 0 Å². The molecule has 12 heavy (non-hydrogen) atoms. The predicted octanol–water partition coefficient (Wildman–Crippen LogP) is 3.12. The molecule has 0 unspecified atom stereocenters. The number of hydrogen-bond donors (Lipinski definition) is 0. The first-order valence-electron chi connectivity index (χ1n) is 4.11. The molecule has 1 rings (SSSR count). The van der Waals surface area contributed by atoms with E-state index >= 15 is 0 Å². The van der Waals surface area contributed by atoms with Crippen LogP contribution in [0.5, 0.6) is 5.75 Å². The van der Waals surface area contributed by atoms with Crippen molar-refractivity contribution in [1.29, 1.82) is 0 Å². The van der Waals surface area contributed by atoms with Gasteiger partial charge in [0.1, 0.15) is 5.75 Å². The summed E-state index contributed by atoms with van der Waals surface area (Å²) in [5, 5.41) is 0. The van der Waals surface area contributed by atoms with Gasteiger partial charge in [0.15, 0.2) is 0 Å². The molecule has 0 aromatic heterocycles. The minimum absolute atomic E-state index is 0.227. The average molecular weight is 162 g/mol. The molecule has 1 aromatic rings. The zero-order chi connectivity index (χ0) is 8.97. The van der Waals surface area contributed by atoms with Crippen LogP contribution in [0.4, 0.5) is 0 Å². The Labute approximate surface area is 73.7 Å². The standard InChI is InChI=1S/C11H14O/c1-4-10-6-5-7-11(8-10)12-9(2)3/h4-9H,1H2,2-3H3. The Kier molecular flexibility index (Phi) is 2.92. The highest BCUT2D eigenvalue weighted by Gasteiger charge is 1.96. The lowest BCUT2D eigenvalue weighted by atomic mass is 10.2. The number of benzene rings is 1. The zero-order valence-electron chi connectivity index (χ0n) is 7.58. The highest BCUT2D eigenvalue weighted by molar-refractivity contribution is 5.49. The van der Waals surface area contributed by atoms with Gasteiger partial charge in [0, 0.05) is 0 Å². The van der Waals surface area contributed by atoms with Gasteiger partial charge in [-0.15, -0.1) is 0 Å². The normalized spacial score (nSPS) is 9.92. The van der Waals surface area contributed by atoms with Gasteiger partial charge in [-0.05, 0) is 31.5 Å². The van der Waals surface area contributed by atoms with E-state index in [0.717, 1.165) is 11.3 Å². The first-order chi connectivity index (χ1) is 5.72. The summed E-state index contributed by atoms with van der Waals surface area (Å²) in [5.74, 6) is 0.905. The molecule has 0 bridgehead atoms. The van der Waals surface area contributed by atoms with E-state index in [1.54, 1.807) is 0 Å². The van der Waals surface area contributed by atoms with E-state index in [0.29, 0.717) is 0 Å². The van der Waals surface area contributed by atoms with Crippen LogP contribution in [-0.4, -0.2) is 6.10 Å². The summed E-state index contributed by atoms with van der Waals surface area (Å²) >= 11 is 0. The first kappa shape index (κ1) is 8.85. The molecular formula is C11H14O. The van der Waals surface area contributed by atoms with Crippen LogP contribution in [0.1, 0.15) is 19.4 Å². The molecule has 0 N–H and O–H groups in total. The maximum atomic E-state index is 5.51. The summed E-state index contributed by atoms with van der Waals surface area (Å²) in [4.78, 5) is 0. The van der Waals surface area contributed by atoms with Crippen LogP contribution in [-0.2, 0) is 0 Å². The third-order valence-electron chi connectivity index (χ3n) is 1.47. The SMILES string of the molecule is C=Cc1cccc(OC(C)C)c1. The smallest absolute Gasteiger partial charge is 0.120 e. The van der Waals surface area contributed by atoms with Crippen molar-refractivity contribution in [2.75, 3.05) is 0 Å². The van der Waals surface area contributed by atoms with E-state index in [1.807, 2.05) is 44.2 Å². The summed E-state index contributed by atoms with van der Waals surface area (Å²) < 4.78 is 5.51. The van der Waals surface area contributed by atoms with Gasteiger partial charge in [0.25, 0.3) is 0 Å². The second kappa shape index (κ2) is 3.96. The van der Waals surface area contributed by atoms with Gasteiger partial charge in [-0.2, -0.15) is 0 Å². The highest BCUT2D eigenvalue weighted by atomic mass is 16.5. The van der Waals surface area contributed by atoms with Crippen molar-refractivity contribution >= 4 is 6.08 Å². The monoisotopic (exact) mass is 162 g/mol. The Morgan fingerprint density at radius 3 is 2.75 bits per heavy atom. The maximum Gasteiger partial charge on any atom is 0.120 e. The van der Waals surface area contributed by atoms with Gasteiger partial charge in [0.05, 0.1) is 6.10 Å². The molecular weight excluding hydrogens is 148 g/mol. The molecule has 0 spiro atoms. The maximum absolute atomic E-state index is 5.51. The van der Waals surface area contributed by atoms with Crippen molar-refractivity contribution < 1.29 is 4.74 Å². The number of hydrogen-bond acceptors (Lipinski definition) is 1. The zero-order valence-corrected chi connectivity index (χ0v) is 7.58. The third-order valence-corrected chi connectivity index (χ3v) is 1.47. The summed E-state index contributed by atoms with van der Waals surface area (Å²) in [6, 6.07) is 7.90. The van der Waals surface area contributed by atoms with E-state index in [9.17, 15) is 0 Å². The Morgan fingerprint density at radius 2 is 2.17 bits per heavy atom. The topological polar surface area (TPSA) is 9.23 Å². The van der Waals surface area contributed by atoms with Crippen molar-refractivity contribution in [3.63, 3.8) is 0 Å². The van der Waals surface area contributed by atoms with Gasteiger partial charge >= 0.3 is 0 Å². The Hall–Kier alpha value is -1.24. The van der Waals surface area contributed by atoms with E-state index in [-0.39, 0.29) is 6.10 Å². The molecule has 0 atom stereocenters. The molecule has 64 valence electrons. The number of ether oxygens (including phenoxy) is 1. The van der Waals surface area contributed by atoms with Gasteiger partial charge in [-0.1, -0.05) is 24.8 Å². The van der Waals surface area contributed by atoms with Gasteiger partial charge in [-0.25, -0.2) is 0 Å². The van der Waals surface area contributed by atoms with Crippen molar-refractivity contribution in [3.05, 3.63) is 36.4 Å². The fourth-order valence-electron chi connectivity index (χ4n) is 0.987. The molecule has 0 radical (unpaired) electrons. The largest absolute Gasteiger partial charge is 0.491 e. The minimum Gasteiger partial charge on any atom is -0.491 e. The molecule has 0 saturated heterocycles. The van der Waals surface area contributed by atoms with Crippen LogP contribution >= 0.6 is 0 Å². The summed E-state index contributed by atoms with van der Waals surface area (Å²) in [5.41, 5.74) is 1.09. The quantitative estimate of drug-likeness (QED) is 0.663. The molecule has 0 saturated carbocycles. The molecule has 0 aliphatic rings. The van der Waals surface area contributed by atoms with E-state index in [2.05, 4.69) is 6.58 Å². The Morgan fingerprint density at radius 1 is 1.42 bits per heavy atom. The van der Waals surface area contributed by atoms with Crippen LogP contribution in [0.15, 0.2) is 30.8 Å². The molecule has 1 heteroatoms. The van der Waals surface area contributed by atoms with E-state index < -0.39 is 0 Å². The summed E-state index contributed by atoms with van der Waals surface area (Å²) in [6.07, 6.45) is 2.04. The molecule has 1 aromatic carbocycles. The fraction of sp³-hybridized carbons (Fsp3) is 0.273. The number of rotatable bonds is 3. The first-order valence-corrected chi connectivity index (χ1v) is 4.11. The van der Waals surface area contributed by atoms with Crippen molar-refractivity contribution in [2.45, 2.75) is 20.0 Å². The van der Waals surface area contributed by atoms with Gasteiger partial charge < -0.3 is 4.74 Å². The minimum atomic E-state index is 0.227. The predicted molar refractivity (Wildman–Crippen MR) is 52.3 cm³/mol. The third kappa shape index (κ3) is 2.42. The molecule has 0 aliphatic carbocycles. The highest BCUT2D eigenvalue weighted by Crippen LogP contribution is 2.15. The van der Waals surface area contributed by atoms with Crippen LogP contribution in [0.3, 0.4) is 0 Å². The van der Waals surface area contributed by atoms with Crippen LogP contribution < -0.4 is 4.74 Å². The van der Waals surface area contributed by atoms with Gasteiger partial charge in [0.2, 0.25) is 0 Å². The summed E-state index contributed by atoms with van der Waals surface area (Å²) in [6.45, 7) is 7.72. The lowest BCUT2D eigenvalue weighted by Crippen LogP contribution is -2.05.